The van der Waals surface area contributed by atoms with E-state index in [9.17, 15) is 4.79 Å². The van der Waals surface area contributed by atoms with Crippen molar-refractivity contribution >= 4 is 18.3 Å². The lowest BCUT2D eigenvalue weighted by molar-refractivity contribution is -0.131. The maximum atomic E-state index is 12.1. The summed E-state index contributed by atoms with van der Waals surface area (Å²) in [5, 5.41) is 3.24. The molecule has 0 spiro atoms. The third-order valence-corrected chi connectivity index (χ3v) is 5.28. The largest absolute Gasteiger partial charge is 0.330 e. The Hall–Kier alpha value is -0.280. The van der Waals surface area contributed by atoms with E-state index in [0.29, 0.717) is 12.6 Å². The van der Waals surface area contributed by atoms with E-state index in [1.54, 1.807) is 0 Å². The van der Waals surface area contributed by atoms with Gasteiger partial charge in [-0.15, -0.1) is 12.4 Å². The van der Waals surface area contributed by atoms with Crippen LogP contribution < -0.4 is 5.32 Å². The lowest BCUT2D eigenvalue weighted by Crippen LogP contribution is -2.38. The average Bonchev–Trinajstić information content (AvgIpc) is 2.65. The summed E-state index contributed by atoms with van der Waals surface area (Å²) in [7, 11) is 0. The Morgan fingerprint density at radius 1 is 0.667 bits per heavy atom. The van der Waals surface area contributed by atoms with Crippen molar-refractivity contribution in [3.05, 3.63) is 0 Å². The summed E-state index contributed by atoms with van der Waals surface area (Å²) in [5.74, 6) is 0.308. The van der Waals surface area contributed by atoms with Gasteiger partial charge in [0.1, 0.15) is 0 Å². The van der Waals surface area contributed by atoms with Crippen LogP contribution in [0.3, 0.4) is 0 Å². The molecule has 1 N–H and O–H groups in total. The van der Waals surface area contributed by atoms with E-state index in [4.69, 9.17) is 0 Å². The maximum Gasteiger partial charge on any atom is 0.223 e. The quantitative estimate of drug-likeness (QED) is 0.173. The van der Waals surface area contributed by atoms with Gasteiger partial charge in [0.05, 0.1) is 6.67 Å². The number of carbonyl (C=O) groups excluding carboxylic acids is 1. The fourth-order valence-corrected chi connectivity index (χ4v) is 3.43. The van der Waals surface area contributed by atoms with Crippen molar-refractivity contribution < 1.29 is 4.79 Å². The zero-order valence-electron chi connectivity index (χ0n) is 18.7. The van der Waals surface area contributed by atoms with Crippen LogP contribution in [0.2, 0.25) is 0 Å². The van der Waals surface area contributed by atoms with Crippen molar-refractivity contribution in [1.82, 2.24) is 10.2 Å². The molecule has 0 aliphatic carbocycles. The normalized spacial score (nSPS) is 10.6. The Morgan fingerprint density at radius 3 is 1.44 bits per heavy atom. The Morgan fingerprint density at radius 2 is 1.07 bits per heavy atom. The van der Waals surface area contributed by atoms with Crippen LogP contribution in [-0.2, 0) is 4.79 Å². The molecule has 3 nitrogen and oxygen atoms in total. The van der Waals surface area contributed by atoms with Gasteiger partial charge in [0, 0.05) is 13.0 Å². The maximum absolute atomic E-state index is 12.1. The summed E-state index contributed by atoms with van der Waals surface area (Å²) in [5.41, 5.74) is 0. The second-order valence-electron chi connectivity index (χ2n) is 7.71. The van der Waals surface area contributed by atoms with Crippen LogP contribution in [-0.4, -0.2) is 30.6 Å². The summed E-state index contributed by atoms with van der Waals surface area (Å²) in [6.45, 7) is 8.85. The zero-order valence-corrected chi connectivity index (χ0v) is 19.5. The van der Waals surface area contributed by atoms with Crippen molar-refractivity contribution in [1.29, 1.82) is 0 Å². The SMILES string of the molecule is CCCCCCCCCCCCCCCCCC(=O)N(CC)CNCC.Cl. The zero-order chi connectivity index (χ0) is 19.3. The number of amides is 1. The molecule has 0 rings (SSSR count). The number of carbonyl (C=O) groups is 1. The van der Waals surface area contributed by atoms with Crippen molar-refractivity contribution in [2.45, 2.75) is 124 Å². The standard InChI is InChI=1S/C23H48N2O.ClH/c1-4-7-8-9-10-11-12-13-14-15-16-17-18-19-20-21-23(26)25(6-3)22-24-5-2;/h24H,4-22H2,1-3H3;1H. The Kier molecular flexibility index (Phi) is 25.5. The monoisotopic (exact) mass is 404 g/mol. The molecule has 0 aromatic heterocycles. The van der Waals surface area contributed by atoms with Gasteiger partial charge in [0.25, 0.3) is 0 Å². The molecule has 0 atom stereocenters. The molecule has 0 bridgehead atoms. The first-order chi connectivity index (χ1) is 12.8. The number of nitrogens with zero attached hydrogens (tertiary/aromatic N) is 1. The summed E-state index contributed by atoms with van der Waals surface area (Å²) in [6, 6.07) is 0. The van der Waals surface area contributed by atoms with Crippen LogP contribution in [0, 0.1) is 0 Å². The van der Waals surface area contributed by atoms with Crippen LogP contribution in [0.15, 0.2) is 0 Å². The fourth-order valence-electron chi connectivity index (χ4n) is 3.43. The van der Waals surface area contributed by atoms with Crippen LogP contribution in [0.4, 0.5) is 0 Å². The predicted octanol–water partition coefficient (Wildman–Crippen LogP) is 7.09. The Bertz CT molecular complexity index is 300. The van der Waals surface area contributed by atoms with E-state index < -0.39 is 0 Å². The summed E-state index contributed by atoms with van der Waals surface area (Å²) < 4.78 is 0. The van der Waals surface area contributed by atoms with E-state index in [0.717, 1.165) is 25.9 Å². The van der Waals surface area contributed by atoms with E-state index >= 15 is 0 Å². The van der Waals surface area contributed by atoms with Gasteiger partial charge < -0.3 is 10.2 Å². The number of rotatable bonds is 20. The lowest BCUT2D eigenvalue weighted by atomic mass is 10.0. The highest BCUT2D eigenvalue weighted by Gasteiger charge is 2.09. The number of hydrogen-bond donors (Lipinski definition) is 1. The first kappa shape index (κ1) is 28.9. The molecule has 4 heteroatoms. The van der Waals surface area contributed by atoms with Crippen molar-refractivity contribution in [2.75, 3.05) is 19.8 Å². The molecule has 0 aliphatic rings. The van der Waals surface area contributed by atoms with Crippen molar-refractivity contribution in [3.63, 3.8) is 0 Å². The van der Waals surface area contributed by atoms with Crippen LogP contribution >= 0.6 is 12.4 Å². The highest BCUT2D eigenvalue weighted by molar-refractivity contribution is 5.85. The molecule has 0 unspecified atom stereocenters. The third kappa shape index (κ3) is 20.3. The van der Waals surface area contributed by atoms with Gasteiger partial charge in [-0.1, -0.05) is 104 Å². The summed E-state index contributed by atoms with van der Waals surface area (Å²) in [6.07, 6.45) is 21.2. The topological polar surface area (TPSA) is 32.3 Å². The summed E-state index contributed by atoms with van der Waals surface area (Å²) in [4.78, 5) is 14.0. The second-order valence-corrected chi connectivity index (χ2v) is 7.71. The van der Waals surface area contributed by atoms with Gasteiger partial charge in [0.2, 0.25) is 5.91 Å². The highest BCUT2D eigenvalue weighted by Crippen LogP contribution is 2.13. The molecule has 1 amide bonds. The third-order valence-electron chi connectivity index (χ3n) is 5.28. The van der Waals surface area contributed by atoms with Crippen molar-refractivity contribution in [2.24, 2.45) is 0 Å². The van der Waals surface area contributed by atoms with E-state index in [1.807, 2.05) is 4.90 Å². The molecule has 27 heavy (non-hydrogen) atoms. The number of unbranched alkanes of at least 4 members (excludes halogenated alkanes) is 14. The van der Waals surface area contributed by atoms with Crippen molar-refractivity contribution in [3.8, 4) is 0 Å². The molecule has 0 radical (unpaired) electrons. The first-order valence-electron chi connectivity index (χ1n) is 11.7. The van der Waals surface area contributed by atoms with Crippen LogP contribution in [0.5, 0.6) is 0 Å². The van der Waals surface area contributed by atoms with Gasteiger partial charge in [0.15, 0.2) is 0 Å². The highest BCUT2D eigenvalue weighted by atomic mass is 35.5. The van der Waals surface area contributed by atoms with Crippen LogP contribution in [0.25, 0.3) is 0 Å². The van der Waals surface area contributed by atoms with Gasteiger partial charge in [-0.05, 0) is 19.9 Å². The number of nitrogens with one attached hydrogen (secondary N) is 1. The molecule has 0 saturated heterocycles. The molecule has 0 fully saturated rings. The molecule has 0 aliphatic heterocycles. The molecule has 0 saturated carbocycles. The predicted molar refractivity (Wildman–Crippen MR) is 123 cm³/mol. The summed E-state index contributed by atoms with van der Waals surface area (Å²) >= 11 is 0. The van der Waals surface area contributed by atoms with Gasteiger partial charge in [-0.3, -0.25) is 4.79 Å². The minimum Gasteiger partial charge on any atom is -0.330 e. The smallest absolute Gasteiger partial charge is 0.223 e. The van der Waals surface area contributed by atoms with E-state index in [2.05, 4.69) is 26.1 Å². The first-order valence-corrected chi connectivity index (χ1v) is 11.7. The molecule has 0 heterocycles. The minimum absolute atomic E-state index is 0. The lowest BCUT2D eigenvalue weighted by Gasteiger charge is -2.21. The van der Waals surface area contributed by atoms with Gasteiger partial charge >= 0.3 is 0 Å². The average molecular weight is 405 g/mol. The Balaban J connectivity index is 0. The molecule has 0 aromatic rings. The number of hydrogen-bond acceptors (Lipinski definition) is 2. The number of halogens is 1. The molecule has 0 aromatic carbocycles. The molecular formula is C23H49ClN2O. The van der Waals surface area contributed by atoms with E-state index in [-0.39, 0.29) is 12.4 Å². The van der Waals surface area contributed by atoms with Gasteiger partial charge in [-0.25, -0.2) is 0 Å². The van der Waals surface area contributed by atoms with Crippen LogP contribution in [0.1, 0.15) is 124 Å². The molecular weight excluding hydrogens is 356 g/mol. The molecule has 164 valence electrons. The second kappa shape index (κ2) is 23.8. The van der Waals surface area contributed by atoms with E-state index in [1.165, 1.54) is 89.9 Å². The van der Waals surface area contributed by atoms with Gasteiger partial charge in [-0.2, -0.15) is 0 Å². The fraction of sp³-hybridized carbons (Fsp3) is 0.957. The Labute approximate surface area is 176 Å². The minimum atomic E-state index is 0.